The number of hydrogen-bond donors (Lipinski definition) is 1. The maximum Gasteiger partial charge on any atom is 0.225 e. The van der Waals surface area contributed by atoms with Gasteiger partial charge in [-0.2, -0.15) is 0 Å². The van der Waals surface area contributed by atoms with Crippen LogP contribution in [-0.4, -0.2) is 54.6 Å². The van der Waals surface area contributed by atoms with Crippen LogP contribution >= 0.6 is 11.3 Å². The van der Waals surface area contributed by atoms with Crippen molar-refractivity contribution in [2.45, 2.75) is 39.2 Å². The number of nitrogens with one attached hydrogen (secondary N) is 1. The Morgan fingerprint density at radius 1 is 1.41 bits per heavy atom. The van der Waals surface area contributed by atoms with Crippen molar-refractivity contribution in [3.05, 3.63) is 11.1 Å². The Bertz CT molecular complexity index is 510. The lowest BCUT2D eigenvalue weighted by Crippen LogP contribution is -2.52. The first-order chi connectivity index (χ1) is 10.7. The number of rotatable bonds is 3. The second-order valence-corrected chi connectivity index (χ2v) is 7.45. The summed E-state index contributed by atoms with van der Waals surface area (Å²) in [4.78, 5) is 22.9. The fraction of sp³-hybridized carbons (Fsp3) is 0.750. The van der Waals surface area contributed by atoms with Crippen molar-refractivity contribution < 1.29 is 4.79 Å². The Balaban J connectivity index is 1.53. The second kappa shape index (κ2) is 6.96. The number of carbonyl (C=O) groups is 1. The number of amides is 1. The van der Waals surface area contributed by atoms with E-state index in [1.165, 1.54) is 4.88 Å². The van der Waals surface area contributed by atoms with Gasteiger partial charge in [-0.05, 0) is 32.7 Å². The van der Waals surface area contributed by atoms with Crippen molar-refractivity contribution in [3.63, 3.8) is 0 Å². The van der Waals surface area contributed by atoms with Gasteiger partial charge in [0.1, 0.15) is 0 Å². The van der Waals surface area contributed by atoms with Crippen LogP contribution in [0.4, 0.5) is 5.13 Å². The zero-order valence-corrected chi connectivity index (χ0v) is 14.4. The molecule has 0 radical (unpaired) electrons. The first-order valence-corrected chi connectivity index (χ1v) is 9.21. The molecule has 1 N–H and O–H groups in total. The molecule has 0 aromatic carbocycles. The molecule has 0 spiro atoms. The third-order valence-electron chi connectivity index (χ3n) is 4.72. The number of piperidine rings is 1. The summed E-state index contributed by atoms with van der Waals surface area (Å²) in [5.41, 5.74) is 0. The first kappa shape index (κ1) is 15.7. The number of nitrogens with zero attached hydrogens (tertiary/aromatic N) is 3. The highest BCUT2D eigenvalue weighted by atomic mass is 32.1. The van der Waals surface area contributed by atoms with Gasteiger partial charge in [0.15, 0.2) is 5.13 Å². The van der Waals surface area contributed by atoms with Crippen molar-refractivity contribution >= 4 is 22.4 Å². The van der Waals surface area contributed by atoms with E-state index < -0.39 is 0 Å². The van der Waals surface area contributed by atoms with Crippen molar-refractivity contribution in [1.29, 1.82) is 0 Å². The van der Waals surface area contributed by atoms with Gasteiger partial charge in [0.2, 0.25) is 5.91 Å². The molecule has 22 heavy (non-hydrogen) atoms. The Hall–Kier alpha value is -1.14. The van der Waals surface area contributed by atoms with Crippen molar-refractivity contribution in [3.8, 4) is 0 Å². The van der Waals surface area contributed by atoms with E-state index in [9.17, 15) is 4.79 Å². The van der Waals surface area contributed by atoms with E-state index >= 15 is 0 Å². The van der Waals surface area contributed by atoms with Crippen LogP contribution in [0.1, 0.15) is 31.6 Å². The predicted octanol–water partition coefficient (Wildman–Crippen LogP) is 1.74. The monoisotopic (exact) mass is 322 g/mol. The van der Waals surface area contributed by atoms with Gasteiger partial charge in [0.25, 0.3) is 0 Å². The predicted molar refractivity (Wildman–Crippen MR) is 90.5 cm³/mol. The molecule has 0 aliphatic carbocycles. The molecule has 3 heterocycles. The zero-order chi connectivity index (χ0) is 15.5. The number of piperazine rings is 1. The smallest absolute Gasteiger partial charge is 0.225 e. The van der Waals surface area contributed by atoms with Gasteiger partial charge < -0.3 is 15.1 Å². The maximum atomic E-state index is 12.7. The third kappa shape index (κ3) is 3.43. The zero-order valence-electron chi connectivity index (χ0n) is 13.5. The molecule has 0 bridgehead atoms. The van der Waals surface area contributed by atoms with Gasteiger partial charge in [-0.3, -0.25) is 4.79 Å². The quantitative estimate of drug-likeness (QED) is 0.921. The van der Waals surface area contributed by atoms with Crippen LogP contribution in [0.3, 0.4) is 0 Å². The molecule has 2 aliphatic rings. The normalized spacial score (nSPS) is 26.3. The van der Waals surface area contributed by atoms with Gasteiger partial charge in [-0.1, -0.05) is 6.92 Å². The highest BCUT2D eigenvalue weighted by Gasteiger charge is 2.30. The minimum Gasteiger partial charge on any atom is -0.345 e. The molecule has 122 valence electrons. The van der Waals surface area contributed by atoms with E-state index in [4.69, 9.17) is 0 Å². The van der Waals surface area contributed by atoms with Crippen molar-refractivity contribution in [2.24, 2.45) is 5.92 Å². The lowest BCUT2D eigenvalue weighted by atomic mass is 9.92. The summed E-state index contributed by atoms with van der Waals surface area (Å²) in [7, 11) is 0. The summed E-state index contributed by atoms with van der Waals surface area (Å²) in [6, 6.07) is 0.465. The number of aromatic nitrogens is 1. The Labute approximate surface area is 136 Å². The molecule has 5 nitrogen and oxygen atoms in total. The van der Waals surface area contributed by atoms with E-state index in [1.54, 1.807) is 11.3 Å². The highest BCUT2D eigenvalue weighted by molar-refractivity contribution is 7.15. The summed E-state index contributed by atoms with van der Waals surface area (Å²) in [6.07, 6.45) is 4.99. The number of aryl methyl sites for hydroxylation is 1. The van der Waals surface area contributed by atoms with Gasteiger partial charge in [-0.25, -0.2) is 4.98 Å². The fourth-order valence-electron chi connectivity index (χ4n) is 3.34. The second-order valence-electron chi connectivity index (χ2n) is 6.35. The van der Waals surface area contributed by atoms with Crippen LogP contribution < -0.4 is 10.2 Å². The molecule has 2 aliphatic heterocycles. The van der Waals surface area contributed by atoms with Crippen molar-refractivity contribution in [2.75, 3.05) is 37.6 Å². The number of carbonyl (C=O) groups excluding carboxylic acids is 1. The van der Waals surface area contributed by atoms with Crippen LogP contribution in [0.5, 0.6) is 0 Å². The summed E-state index contributed by atoms with van der Waals surface area (Å²) >= 11 is 1.78. The summed E-state index contributed by atoms with van der Waals surface area (Å²) in [6.45, 7) is 8.78. The molecule has 2 atom stereocenters. The minimum absolute atomic E-state index is 0.217. The molecule has 1 amide bonds. The van der Waals surface area contributed by atoms with Gasteiger partial charge in [-0.15, -0.1) is 11.3 Å². The molecule has 1 aromatic rings. The molecule has 2 saturated heterocycles. The van der Waals surface area contributed by atoms with E-state index in [-0.39, 0.29) is 5.92 Å². The lowest BCUT2D eigenvalue weighted by Gasteiger charge is -2.38. The maximum absolute atomic E-state index is 12.7. The van der Waals surface area contributed by atoms with Gasteiger partial charge >= 0.3 is 0 Å². The van der Waals surface area contributed by atoms with Crippen LogP contribution in [0.25, 0.3) is 0 Å². The molecular weight excluding hydrogens is 296 g/mol. The standard InChI is InChI=1S/C16H26N4OS/c1-3-14-11-18-16(22-14)20-8-6-19(7-9-20)15(21)13-4-5-17-12(2)10-13/h11-13,17H,3-10H2,1-2H3/t12-,13-/m0/s1. The van der Waals surface area contributed by atoms with Gasteiger partial charge in [0, 0.05) is 49.2 Å². The average molecular weight is 322 g/mol. The van der Waals surface area contributed by atoms with Crippen LogP contribution in [0, 0.1) is 5.92 Å². The summed E-state index contributed by atoms with van der Waals surface area (Å²) < 4.78 is 0. The van der Waals surface area contributed by atoms with E-state index in [0.717, 1.165) is 57.1 Å². The molecular formula is C16H26N4OS. The molecule has 1 aromatic heterocycles. The Morgan fingerprint density at radius 3 is 2.82 bits per heavy atom. The summed E-state index contributed by atoms with van der Waals surface area (Å²) in [5.74, 6) is 0.579. The highest BCUT2D eigenvalue weighted by Crippen LogP contribution is 2.25. The van der Waals surface area contributed by atoms with Crippen molar-refractivity contribution in [1.82, 2.24) is 15.2 Å². The number of anilines is 1. The number of hydrogen-bond acceptors (Lipinski definition) is 5. The number of thiazole rings is 1. The first-order valence-electron chi connectivity index (χ1n) is 8.39. The van der Waals surface area contributed by atoms with Crippen LogP contribution in [-0.2, 0) is 11.2 Å². The summed E-state index contributed by atoms with van der Waals surface area (Å²) in [5, 5.41) is 4.53. The average Bonchev–Trinajstić information content (AvgIpc) is 3.03. The molecule has 3 rings (SSSR count). The molecule has 0 unspecified atom stereocenters. The largest absolute Gasteiger partial charge is 0.345 e. The lowest BCUT2D eigenvalue weighted by molar-refractivity contribution is -0.137. The van der Waals surface area contributed by atoms with E-state index in [0.29, 0.717) is 11.9 Å². The SMILES string of the molecule is CCc1cnc(N2CCN(C(=O)[C@H]3CCN[C@@H](C)C3)CC2)s1. The topological polar surface area (TPSA) is 48.5 Å². The molecule has 2 fully saturated rings. The fourth-order valence-corrected chi connectivity index (χ4v) is 4.24. The minimum atomic E-state index is 0.217. The van der Waals surface area contributed by atoms with Crippen LogP contribution in [0.15, 0.2) is 6.20 Å². The van der Waals surface area contributed by atoms with Gasteiger partial charge in [0.05, 0.1) is 0 Å². The van der Waals surface area contributed by atoms with E-state index in [1.807, 2.05) is 6.20 Å². The molecule has 6 heteroatoms. The molecule has 0 saturated carbocycles. The van der Waals surface area contributed by atoms with Crippen LogP contribution in [0.2, 0.25) is 0 Å². The Morgan fingerprint density at radius 2 is 2.18 bits per heavy atom. The third-order valence-corrected chi connectivity index (χ3v) is 5.93. The Kier molecular flexibility index (Phi) is 4.98. The van der Waals surface area contributed by atoms with E-state index in [2.05, 4.69) is 33.9 Å².